The van der Waals surface area contributed by atoms with E-state index in [9.17, 15) is 14.4 Å². The minimum Gasteiger partial charge on any atom is -0.461 e. The van der Waals surface area contributed by atoms with E-state index in [1.54, 1.807) is 17.9 Å². The average Bonchev–Trinajstić information content (AvgIpc) is 3.91. The highest BCUT2D eigenvalue weighted by molar-refractivity contribution is 7.23. The summed E-state index contributed by atoms with van der Waals surface area (Å²) in [5.74, 6) is 0.0630. The number of nitrogen functional groups attached to an aromatic ring is 1. The maximum absolute atomic E-state index is 17.2. The number of nitrogens with two attached hydrogens (primary N) is 1. The van der Waals surface area contributed by atoms with Crippen molar-refractivity contribution in [3.63, 3.8) is 0 Å². The number of fused-ring (bicyclic) bond motifs is 3. The number of nitriles is 1. The van der Waals surface area contributed by atoms with Gasteiger partial charge in [-0.3, -0.25) is 4.90 Å². The van der Waals surface area contributed by atoms with Crippen LogP contribution < -0.4 is 15.4 Å². The number of halogens is 4. The zero-order valence-corrected chi connectivity index (χ0v) is 32.5. The van der Waals surface area contributed by atoms with Gasteiger partial charge < -0.3 is 25.0 Å². The van der Waals surface area contributed by atoms with Gasteiger partial charge in [-0.1, -0.05) is 31.5 Å². The minimum atomic E-state index is -0.977. The molecule has 1 spiro atoms. The molecule has 4 fully saturated rings. The second kappa shape index (κ2) is 13.4. The summed E-state index contributed by atoms with van der Waals surface area (Å²) in [6.45, 7) is 8.39. The quantitative estimate of drug-likeness (QED) is 0.202. The van der Waals surface area contributed by atoms with Crippen molar-refractivity contribution in [1.29, 1.82) is 5.26 Å². The summed E-state index contributed by atoms with van der Waals surface area (Å²) in [5, 5.41) is 14.9. The highest BCUT2D eigenvalue weighted by atomic mass is 35.5. The molecule has 292 valence electrons. The maximum Gasteiger partial charge on any atom is 0.346 e. The van der Waals surface area contributed by atoms with Crippen molar-refractivity contribution >= 4 is 60.8 Å². The van der Waals surface area contributed by atoms with Gasteiger partial charge in [0.05, 0.1) is 47.1 Å². The average molecular weight is 807 g/mol. The third-order valence-corrected chi connectivity index (χ3v) is 12.9. The van der Waals surface area contributed by atoms with Crippen LogP contribution in [0.25, 0.3) is 32.1 Å². The van der Waals surface area contributed by atoms with Crippen LogP contribution in [0.5, 0.6) is 6.01 Å². The molecule has 0 saturated carbocycles. The van der Waals surface area contributed by atoms with E-state index < -0.39 is 28.9 Å². The summed E-state index contributed by atoms with van der Waals surface area (Å²) in [4.78, 5) is 33.0. The van der Waals surface area contributed by atoms with Crippen LogP contribution in [0, 0.1) is 29.9 Å². The monoisotopic (exact) mass is 806 g/mol. The van der Waals surface area contributed by atoms with Gasteiger partial charge in [0.25, 0.3) is 0 Å². The first-order chi connectivity index (χ1) is 26.8. The molecule has 5 aromatic rings. The molecule has 9 rings (SSSR count). The molecular formula is C38H38ClF3N10O3S. The number of alkyl halides is 1. The lowest BCUT2D eigenvalue weighted by Crippen LogP contribution is -2.71. The van der Waals surface area contributed by atoms with E-state index in [1.807, 2.05) is 24.8 Å². The molecule has 13 nitrogen and oxygen atoms in total. The first-order valence-electron chi connectivity index (χ1n) is 18.5. The predicted octanol–water partition coefficient (Wildman–Crippen LogP) is 6.43. The Morgan fingerprint density at radius 1 is 1.21 bits per heavy atom. The highest BCUT2D eigenvalue weighted by Gasteiger charge is 2.51. The lowest BCUT2D eigenvalue weighted by atomic mass is 9.92. The number of aromatic nitrogens is 5. The smallest absolute Gasteiger partial charge is 0.346 e. The zero-order valence-electron chi connectivity index (χ0n) is 30.9. The molecule has 0 radical (unpaired) electrons. The van der Waals surface area contributed by atoms with Crippen LogP contribution in [-0.4, -0.2) is 110 Å². The second-order valence-corrected chi connectivity index (χ2v) is 17.0. The number of carbonyl (C=O) groups excluding carboxylic acids is 1. The van der Waals surface area contributed by atoms with Crippen molar-refractivity contribution in [2.24, 2.45) is 0 Å². The Morgan fingerprint density at radius 3 is 2.77 bits per heavy atom. The number of hydrogen-bond donors (Lipinski definition) is 1. The molecule has 2 atom stereocenters. The van der Waals surface area contributed by atoms with Crippen LogP contribution in [0.1, 0.15) is 56.2 Å². The Kier molecular flexibility index (Phi) is 8.84. The standard InChI is InChI=1S/C38H38ClF3N10O3S/c1-19(2)33-45-20(3)52(48-33)36(53)50-16-38(17-50)15-49(9-10-55-38)34-23-11-25(39)28(22-5-6-26(41)31-27(22)24(13-43)32(44)56-31)29(42)30(23)46-35(47-34)54-18-37-7-4-8-51(37)14-21(40)12-37/h5-6,11,19,21H,4,7-10,12,14-18,44H2,1-3H3/t21-,37+/m1/s1. The number of hydrogen-bond acceptors (Lipinski definition) is 12. The molecule has 2 aromatic carbocycles. The lowest BCUT2D eigenvalue weighted by Gasteiger charge is -2.53. The highest BCUT2D eigenvalue weighted by Crippen LogP contribution is 2.47. The largest absolute Gasteiger partial charge is 0.461 e. The number of aryl methyl sites for hydroxylation is 1. The topological polar surface area (TPSA) is 152 Å². The molecule has 0 unspecified atom stereocenters. The Labute approximate surface area is 328 Å². The van der Waals surface area contributed by atoms with Gasteiger partial charge in [-0.2, -0.15) is 19.9 Å². The molecule has 1 amide bonds. The summed E-state index contributed by atoms with van der Waals surface area (Å²) >= 11 is 7.83. The molecule has 4 saturated heterocycles. The van der Waals surface area contributed by atoms with Gasteiger partial charge in [0.2, 0.25) is 0 Å². The second-order valence-electron chi connectivity index (χ2n) is 15.6. The van der Waals surface area contributed by atoms with Crippen LogP contribution in [0.3, 0.4) is 0 Å². The molecule has 4 aliphatic heterocycles. The van der Waals surface area contributed by atoms with Crippen molar-refractivity contribution in [2.75, 3.05) is 63.1 Å². The molecule has 18 heteroatoms. The van der Waals surface area contributed by atoms with Crippen molar-refractivity contribution in [1.82, 2.24) is 34.5 Å². The van der Waals surface area contributed by atoms with Crippen molar-refractivity contribution < 1.29 is 27.4 Å². The van der Waals surface area contributed by atoms with Gasteiger partial charge in [-0.15, -0.1) is 16.4 Å². The van der Waals surface area contributed by atoms with Gasteiger partial charge in [0.15, 0.2) is 11.6 Å². The van der Waals surface area contributed by atoms with Crippen LogP contribution in [0.15, 0.2) is 18.2 Å². The molecule has 4 aliphatic rings. The summed E-state index contributed by atoms with van der Waals surface area (Å²) in [7, 11) is 0. The number of rotatable bonds is 6. The Bertz CT molecular complexity index is 2480. The summed E-state index contributed by atoms with van der Waals surface area (Å²) < 4.78 is 60.9. The number of anilines is 2. The summed E-state index contributed by atoms with van der Waals surface area (Å²) in [6, 6.07) is 5.75. The number of carbonyl (C=O) groups is 1. The predicted molar refractivity (Wildman–Crippen MR) is 205 cm³/mol. The Hall–Kier alpha value is -4.76. The van der Waals surface area contributed by atoms with E-state index in [4.69, 9.17) is 31.8 Å². The molecule has 7 heterocycles. The van der Waals surface area contributed by atoms with E-state index in [-0.39, 0.29) is 86.6 Å². The van der Waals surface area contributed by atoms with E-state index in [1.165, 1.54) is 16.8 Å². The van der Waals surface area contributed by atoms with Crippen LogP contribution in [-0.2, 0) is 4.74 Å². The molecular weight excluding hydrogens is 769 g/mol. The normalized spacial score (nSPS) is 22.0. The van der Waals surface area contributed by atoms with E-state index in [2.05, 4.69) is 20.0 Å². The number of benzene rings is 2. The van der Waals surface area contributed by atoms with Crippen LogP contribution >= 0.6 is 22.9 Å². The first-order valence-corrected chi connectivity index (χ1v) is 19.7. The minimum absolute atomic E-state index is 0.0112. The number of amides is 1. The van der Waals surface area contributed by atoms with Gasteiger partial charge in [0.1, 0.15) is 52.4 Å². The molecule has 2 N–H and O–H groups in total. The third kappa shape index (κ3) is 5.83. The third-order valence-electron chi connectivity index (χ3n) is 11.5. The van der Waals surface area contributed by atoms with Gasteiger partial charge >= 0.3 is 12.0 Å². The number of ether oxygens (including phenoxy) is 2. The number of thiophene rings is 1. The van der Waals surface area contributed by atoms with Crippen molar-refractivity contribution in [2.45, 2.75) is 63.3 Å². The Balaban J connectivity index is 1.10. The SMILES string of the molecule is Cc1nc(C(C)C)nn1C(=O)N1CC2(C1)CN(c1nc(OC[C@@]34CCCN3C[C@H](F)C4)nc3c(F)c(-c4ccc(F)c5sc(N)c(C#N)c45)c(Cl)cc13)CCO2. The van der Waals surface area contributed by atoms with Gasteiger partial charge in [-0.05, 0) is 44.0 Å². The van der Waals surface area contributed by atoms with E-state index in [0.717, 1.165) is 30.7 Å². The van der Waals surface area contributed by atoms with Gasteiger partial charge in [-0.25, -0.2) is 22.9 Å². The Morgan fingerprint density at radius 2 is 2.02 bits per heavy atom. The van der Waals surface area contributed by atoms with Crippen molar-refractivity contribution in [3.05, 3.63) is 52.1 Å². The number of nitrogens with zero attached hydrogens (tertiary/aromatic N) is 9. The van der Waals surface area contributed by atoms with Crippen molar-refractivity contribution in [3.8, 4) is 23.2 Å². The molecule has 0 aliphatic carbocycles. The summed E-state index contributed by atoms with van der Waals surface area (Å²) in [6.07, 6.45) is 1.00. The number of morpholine rings is 1. The van der Waals surface area contributed by atoms with E-state index in [0.29, 0.717) is 48.9 Å². The maximum atomic E-state index is 17.2. The fourth-order valence-electron chi connectivity index (χ4n) is 8.84. The van der Waals surface area contributed by atoms with Gasteiger partial charge in [0, 0.05) is 41.8 Å². The van der Waals surface area contributed by atoms with Crippen LogP contribution in [0.4, 0.5) is 28.8 Å². The molecule has 0 bridgehead atoms. The first kappa shape index (κ1) is 36.9. The van der Waals surface area contributed by atoms with Crippen LogP contribution in [0.2, 0.25) is 5.02 Å². The fourth-order valence-corrected chi connectivity index (χ4v) is 10.1. The molecule has 3 aromatic heterocycles. The summed E-state index contributed by atoms with van der Waals surface area (Å²) in [5.41, 5.74) is 4.86. The molecule has 56 heavy (non-hydrogen) atoms. The fraction of sp³-hybridized carbons (Fsp3) is 0.474. The van der Waals surface area contributed by atoms with E-state index >= 15 is 8.78 Å². The zero-order chi connectivity index (χ0) is 39.3. The number of likely N-dealkylation sites (tertiary alicyclic amines) is 1. The lowest BCUT2D eigenvalue weighted by molar-refractivity contribution is -0.133.